The second kappa shape index (κ2) is 6.10. The average molecular weight is 343 g/mol. The van der Waals surface area contributed by atoms with E-state index in [1.807, 2.05) is 0 Å². The molecule has 0 aromatic heterocycles. The Kier molecular flexibility index (Phi) is 3.90. The zero-order chi connectivity index (χ0) is 17.4. The minimum atomic E-state index is -0.753. The van der Waals surface area contributed by atoms with Crippen molar-refractivity contribution in [3.05, 3.63) is 29.3 Å². The van der Waals surface area contributed by atoms with Gasteiger partial charge in [-0.25, -0.2) is 4.79 Å². The van der Waals surface area contributed by atoms with E-state index in [0.29, 0.717) is 54.4 Å². The Labute approximate surface area is 146 Å². The summed E-state index contributed by atoms with van der Waals surface area (Å²) in [6.07, 6.45) is 4.44. The number of nitrogens with one attached hydrogen (secondary N) is 1. The fourth-order valence-electron chi connectivity index (χ4n) is 3.92. The van der Waals surface area contributed by atoms with Crippen LogP contribution in [0.3, 0.4) is 0 Å². The number of rotatable bonds is 2. The normalized spacial score (nSPS) is 21.2. The van der Waals surface area contributed by atoms with E-state index in [4.69, 9.17) is 14.2 Å². The molecule has 1 aliphatic carbocycles. The van der Waals surface area contributed by atoms with Crippen LogP contribution in [0, 0.1) is 0 Å². The van der Waals surface area contributed by atoms with E-state index >= 15 is 0 Å². The smallest absolute Gasteiger partial charge is 0.335 e. The van der Waals surface area contributed by atoms with Crippen molar-refractivity contribution in [2.45, 2.75) is 44.6 Å². The summed E-state index contributed by atoms with van der Waals surface area (Å²) in [7, 11) is 0. The van der Waals surface area contributed by atoms with E-state index in [1.165, 1.54) is 0 Å². The van der Waals surface area contributed by atoms with Crippen molar-refractivity contribution < 1.29 is 23.8 Å². The molecule has 1 fully saturated rings. The first-order valence-corrected chi connectivity index (χ1v) is 8.75. The van der Waals surface area contributed by atoms with E-state index in [9.17, 15) is 9.59 Å². The number of fused-ring (bicyclic) bond motifs is 1. The lowest BCUT2D eigenvalue weighted by Gasteiger charge is -2.34. The fourth-order valence-corrected chi connectivity index (χ4v) is 3.92. The monoisotopic (exact) mass is 343 g/mol. The summed E-state index contributed by atoms with van der Waals surface area (Å²) >= 11 is 0. The summed E-state index contributed by atoms with van der Waals surface area (Å²) in [5.41, 5.74) is 0.751. The van der Waals surface area contributed by atoms with Gasteiger partial charge in [0.05, 0.1) is 5.57 Å². The fraction of sp³-hybridized carbons (Fsp3) is 0.474. The first kappa shape index (κ1) is 16.0. The lowest BCUT2D eigenvalue weighted by molar-refractivity contribution is -0.149. The van der Waals surface area contributed by atoms with Crippen molar-refractivity contribution in [1.29, 1.82) is 0 Å². The predicted octanol–water partition coefficient (Wildman–Crippen LogP) is 2.97. The Hall–Kier alpha value is -2.50. The van der Waals surface area contributed by atoms with Crippen molar-refractivity contribution in [2.75, 3.05) is 18.5 Å². The van der Waals surface area contributed by atoms with E-state index in [2.05, 4.69) is 5.32 Å². The van der Waals surface area contributed by atoms with Gasteiger partial charge in [-0.1, -0.05) is 6.42 Å². The second-order valence-electron chi connectivity index (χ2n) is 6.76. The number of esters is 1. The number of benzene rings is 1. The Morgan fingerprint density at radius 2 is 1.80 bits per heavy atom. The highest BCUT2D eigenvalue weighted by Gasteiger charge is 2.49. The molecule has 4 rings (SSSR count). The molecule has 0 bridgehead atoms. The molecule has 6 nitrogen and oxygen atoms in total. The quantitative estimate of drug-likeness (QED) is 0.836. The summed E-state index contributed by atoms with van der Waals surface area (Å²) in [6, 6.07) is 5.29. The number of hydrogen-bond donors (Lipinski definition) is 1. The molecule has 0 atom stereocenters. The van der Waals surface area contributed by atoms with Gasteiger partial charge in [0.2, 0.25) is 0 Å². The first-order valence-electron chi connectivity index (χ1n) is 8.75. The van der Waals surface area contributed by atoms with Gasteiger partial charge in [0.1, 0.15) is 18.8 Å². The van der Waals surface area contributed by atoms with Crippen LogP contribution in [-0.2, 0) is 14.3 Å². The zero-order valence-corrected chi connectivity index (χ0v) is 14.2. The van der Waals surface area contributed by atoms with Crippen LogP contribution < -0.4 is 14.8 Å². The van der Waals surface area contributed by atoms with Crippen LogP contribution in [0.2, 0.25) is 0 Å². The number of anilines is 1. The zero-order valence-electron chi connectivity index (χ0n) is 14.2. The van der Waals surface area contributed by atoms with E-state index in [1.54, 1.807) is 25.1 Å². The van der Waals surface area contributed by atoms with Crippen molar-refractivity contribution in [1.82, 2.24) is 0 Å². The summed E-state index contributed by atoms with van der Waals surface area (Å²) in [5.74, 6) is 0.625. The standard InChI is InChI=1S/C19H21NO5/c1-12-16(19(25-18(12)22)7-3-2-4-8-19)17(21)20-13-5-6-14-15(11-13)24-10-9-23-14/h5-6,11H,2-4,7-10H2,1H3,(H,20,21). The molecule has 0 saturated heterocycles. The van der Waals surface area contributed by atoms with Gasteiger partial charge in [-0.3, -0.25) is 4.79 Å². The Morgan fingerprint density at radius 3 is 2.56 bits per heavy atom. The van der Waals surface area contributed by atoms with Gasteiger partial charge in [-0.2, -0.15) is 0 Å². The SMILES string of the molecule is CC1=C(C(=O)Nc2ccc3c(c2)OCCO3)C2(CCCCC2)OC1=O. The van der Waals surface area contributed by atoms with Crippen LogP contribution in [0.5, 0.6) is 11.5 Å². The highest BCUT2D eigenvalue weighted by atomic mass is 16.6. The third-order valence-corrected chi connectivity index (χ3v) is 5.11. The Bertz CT molecular complexity index is 761. The molecule has 6 heteroatoms. The van der Waals surface area contributed by atoms with Crippen molar-refractivity contribution >= 4 is 17.6 Å². The maximum absolute atomic E-state index is 12.9. The number of hydrogen-bond acceptors (Lipinski definition) is 5. The van der Waals surface area contributed by atoms with E-state index in [-0.39, 0.29) is 11.9 Å². The van der Waals surface area contributed by atoms with Crippen LogP contribution in [0.25, 0.3) is 0 Å². The number of carbonyl (C=O) groups excluding carboxylic acids is 2. The molecule has 132 valence electrons. The molecule has 2 aliphatic heterocycles. The maximum atomic E-state index is 12.9. The van der Waals surface area contributed by atoms with Crippen molar-refractivity contribution in [3.63, 3.8) is 0 Å². The lowest BCUT2D eigenvalue weighted by Crippen LogP contribution is -2.39. The Morgan fingerprint density at radius 1 is 1.08 bits per heavy atom. The molecule has 0 radical (unpaired) electrons. The predicted molar refractivity (Wildman–Crippen MR) is 90.7 cm³/mol. The maximum Gasteiger partial charge on any atom is 0.335 e. The third-order valence-electron chi connectivity index (χ3n) is 5.11. The first-order chi connectivity index (χ1) is 12.1. The summed E-state index contributed by atoms with van der Waals surface area (Å²) in [4.78, 5) is 25.0. The highest BCUT2D eigenvalue weighted by Crippen LogP contribution is 2.44. The number of ether oxygens (including phenoxy) is 3. The minimum absolute atomic E-state index is 0.276. The largest absolute Gasteiger partial charge is 0.486 e. The molecule has 25 heavy (non-hydrogen) atoms. The molecular weight excluding hydrogens is 322 g/mol. The summed E-state index contributed by atoms with van der Waals surface area (Å²) in [5, 5.41) is 2.89. The molecule has 1 saturated carbocycles. The highest BCUT2D eigenvalue weighted by molar-refractivity contribution is 6.12. The molecule has 1 N–H and O–H groups in total. The summed E-state index contributed by atoms with van der Waals surface area (Å²) in [6.45, 7) is 2.68. The van der Waals surface area contributed by atoms with Gasteiger partial charge in [0.15, 0.2) is 11.5 Å². The molecule has 2 heterocycles. The van der Waals surface area contributed by atoms with Gasteiger partial charge >= 0.3 is 5.97 Å². The van der Waals surface area contributed by atoms with Crippen LogP contribution in [0.4, 0.5) is 5.69 Å². The lowest BCUT2D eigenvalue weighted by atomic mass is 9.78. The number of carbonyl (C=O) groups is 2. The van der Waals surface area contributed by atoms with Crippen LogP contribution in [0.1, 0.15) is 39.0 Å². The van der Waals surface area contributed by atoms with Gasteiger partial charge in [-0.15, -0.1) is 0 Å². The molecule has 1 amide bonds. The van der Waals surface area contributed by atoms with E-state index < -0.39 is 5.60 Å². The van der Waals surface area contributed by atoms with Gasteiger partial charge in [-0.05, 0) is 44.7 Å². The van der Waals surface area contributed by atoms with Crippen LogP contribution in [-0.4, -0.2) is 30.7 Å². The summed E-state index contributed by atoms with van der Waals surface area (Å²) < 4.78 is 16.7. The van der Waals surface area contributed by atoms with Crippen molar-refractivity contribution in [2.24, 2.45) is 0 Å². The molecule has 3 aliphatic rings. The number of amides is 1. The van der Waals surface area contributed by atoms with Crippen LogP contribution in [0.15, 0.2) is 29.3 Å². The topological polar surface area (TPSA) is 73.9 Å². The van der Waals surface area contributed by atoms with Gasteiger partial charge < -0.3 is 19.5 Å². The molecular formula is C19H21NO5. The van der Waals surface area contributed by atoms with Crippen LogP contribution >= 0.6 is 0 Å². The van der Waals surface area contributed by atoms with Gasteiger partial charge in [0.25, 0.3) is 5.91 Å². The van der Waals surface area contributed by atoms with E-state index in [0.717, 1.165) is 19.3 Å². The molecule has 1 aromatic carbocycles. The average Bonchev–Trinajstić information content (AvgIpc) is 2.85. The Balaban J connectivity index is 1.60. The second-order valence-corrected chi connectivity index (χ2v) is 6.76. The molecule has 1 spiro atoms. The molecule has 1 aromatic rings. The molecule has 0 unspecified atom stereocenters. The van der Waals surface area contributed by atoms with Gasteiger partial charge in [0, 0.05) is 17.3 Å². The minimum Gasteiger partial charge on any atom is -0.486 e. The van der Waals surface area contributed by atoms with Crippen molar-refractivity contribution in [3.8, 4) is 11.5 Å². The third kappa shape index (κ3) is 2.75.